The first-order chi connectivity index (χ1) is 8.67. The van der Waals surface area contributed by atoms with Gasteiger partial charge in [0, 0.05) is 31.3 Å². The molecule has 18 heavy (non-hydrogen) atoms. The molecule has 1 heterocycles. The van der Waals surface area contributed by atoms with Gasteiger partial charge in [0.05, 0.1) is 12.3 Å². The van der Waals surface area contributed by atoms with E-state index in [0.717, 1.165) is 38.3 Å². The third-order valence-corrected chi connectivity index (χ3v) is 2.81. The van der Waals surface area contributed by atoms with Crippen molar-refractivity contribution < 1.29 is 4.74 Å². The molecular weight excluding hydrogens is 226 g/mol. The lowest BCUT2D eigenvalue weighted by molar-refractivity contribution is 0.112. The van der Waals surface area contributed by atoms with Crippen LogP contribution in [0.1, 0.15) is 45.9 Å². The minimum absolute atomic E-state index is 0.358. The molecule has 1 aromatic rings. The molecule has 1 N–H and O–H groups in total. The Labute approximate surface area is 111 Å². The van der Waals surface area contributed by atoms with Crippen molar-refractivity contribution in [3.05, 3.63) is 18.0 Å². The van der Waals surface area contributed by atoms with Gasteiger partial charge in [-0.25, -0.2) is 0 Å². The number of likely N-dealkylation sites (N-methyl/N-ethyl adjacent to an activating group) is 1. The maximum atomic E-state index is 5.63. The number of hydrogen-bond acceptors (Lipinski definition) is 3. The van der Waals surface area contributed by atoms with Crippen LogP contribution < -0.4 is 5.32 Å². The molecule has 0 bridgehead atoms. The van der Waals surface area contributed by atoms with Crippen LogP contribution in [0.4, 0.5) is 0 Å². The fraction of sp³-hybridized carbons (Fsp3) is 0.786. The van der Waals surface area contributed by atoms with E-state index in [1.54, 1.807) is 0 Å². The highest BCUT2D eigenvalue weighted by Crippen LogP contribution is 2.06. The lowest BCUT2D eigenvalue weighted by Gasteiger charge is -2.16. The van der Waals surface area contributed by atoms with Gasteiger partial charge in [0.25, 0.3) is 0 Å². The molecule has 1 rings (SSSR count). The second-order valence-corrected chi connectivity index (χ2v) is 4.91. The van der Waals surface area contributed by atoms with Gasteiger partial charge in [-0.1, -0.05) is 13.8 Å². The fourth-order valence-electron chi connectivity index (χ4n) is 1.87. The Morgan fingerprint density at radius 3 is 2.72 bits per heavy atom. The smallest absolute Gasteiger partial charge is 0.0641 e. The number of aromatic nitrogens is 2. The van der Waals surface area contributed by atoms with E-state index in [-0.39, 0.29) is 0 Å². The van der Waals surface area contributed by atoms with Gasteiger partial charge in [-0.3, -0.25) is 4.68 Å². The first-order valence-corrected chi connectivity index (χ1v) is 7.02. The number of nitrogens with zero attached hydrogens (tertiary/aromatic N) is 2. The average molecular weight is 253 g/mol. The molecule has 1 atom stereocenters. The van der Waals surface area contributed by atoms with Gasteiger partial charge < -0.3 is 10.1 Å². The highest BCUT2D eigenvalue weighted by atomic mass is 16.5. The first kappa shape index (κ1) is 15.2. The summed E-state index contributed by atoms with van der Waals surface area (Å²) in [4.78, 5) is 0. The molecule has 0 spiro atoms. The van der Waals surface area contributed by atoms with E-state index in [2.05, 4.69) is 50.4 Å². The Balaban J connectivity index is 2.47. The highest BCUT2D eigenvalue weighted by Gasteiger charge is 2.11. The van der Waals surface area contributed by atoms with Crippen LogP contribution in [-0.2, 0) is 11.2 Å². The van der Waals surface area contributed by atoms with Crippen LogP contribution in [0.15, 0.2) is 12.3 Å². The van der Waals surface area contributed by atoms with Crippen molar-refractivity contribution in [2.75, 3.05) is 19.8 Å². The summed E-state index contributed by atoms with van der Waals surface area (Å²) in [6.07, 6.45) is 4.05. The maximum Gasteiger partial charge on any atom is 0.0641 e. The van der Waals surface area contributed by atoms with Gasteiger partial charge >= 0.3 is 0 Å². The third-order valence-electron chi connectivity index (χ3n) is 2.81. The Hall–Kier alpha value is -0.870. The zero-order chi connectivity index (χ0) is 13.4. The average Bonchev–Trinajstić information content (AvgIpc) is 2.78. The summed E-state index contributed by atoms with van der Waals surface area (Å²) in [5, 5.41) is 8.04. The van der Waals surface area contributed by atoms with Crippen LogP contribution >= 0.6 is 0 Å². The SMILES string of the molecule is CCCOCC(Cc1ccn(C(C)C)n1)NCC. The van der Waals surface area contributed by atoms with Gasteiger partial charge in [-0.05, 0) is 32.9 Å². The van der Waals surface area contributed by atoms with Gasteiger partial charge in [0.2, 0.25) is 0 Å². The molecule has 0 radical (unpaired) electrons. The van der Waals surface area contributed by atoms with Gasteiger partial charge in [0.1, 0.15) is 0 Å². The summed E-state index contributed by atoms with van der Waals surface area (Å²) >= 11 is 0. The molecule has 0 saturated heterocycles. The summed E-state index contributed by atoms with van der Waals surface area (Å²) in [6, 6.07) is 2.88. The number of hydrogen-bond donors (Lipinski definition) is 1. The third kappa shape index (κ3) is 5.19. The van der Waals surface area contributed by atoms with Crippen LogP contribution in [0.2, 0.25) is 0 Å². The van der Waals surface area contributed by atoms with Crippen molar-refractivity contribution in [1.29, 1.82) is 0 Å². The molecule has 1 aromatic heterocycles. The van der Waals surface area contributed by atoms with E-state index in [1.807, 2.05) is 4.68 Å². The second-order valence-electron chi connectivity index (χ2n) is 4.91. The Bertz CT molecular complexity index is 323. The molecule has 0 aliphatic heterocycles. The Kier molecular flexibility index (Phi) is 6.98. The van der Waals surface area contributed by atoms with Gasteiger partial charge in [0.15, 0.2) is 0 Å². The number of rotatable bonds is 9. The standard InChI is InChI=1S/C14H27N3O/c1-5-9-18-11-14(15-6-2)10-13-7-8-17(16-13)12(3)4/h7-8,12,14-15H,5-6,9-11H2,1-4H3. The van der Waals surface area contributed by atoms with Crippen molar-refractivity contribution in [2.45, 2.75) is 52.6 Å². The molecule has 0 saturated carbocycles. The molecule has 0 amide bonds. The zero-order valence-corrected chi connectivity index (χ0v) is 12.1. The molecule has 0 aliphatic rings. The molecule has 0 aromatic carbocycles. The summed E-state index contributed by atoms with van der Waals surface area (Å²) in [5.74, 6) is 0. The lowest BCUT2D eigenvalue weighted by Crippen LogP contribution is -2.35. The van der Waals surface area contributed by atoms with E-state index in [4.69, 9.17) is 4.74 Å². The van der Waals surface area contributed by atoms with Crippen LogP contribution in [-0.4, -0.2) is 35.6 Å². The summed E-state index contributed by atoms with van der Waals surface area (Å²) in [5.41, 5.74) is 1.13. The molecular formula is C14H27N3O. The fourth-order valence-corrected chi connectivity index (χ4v) is 1.87. The predicted molar refractivity (Wildman–Crippen MR) is 74.9 cm³/mol. The largest absolute Gasteiger partial charge is 0.380 e. The lowest BCUT2D eigenvalue weighted by atomic mass is 10.1. The minimum Gasteiger partial charge on any atom is -0.380 e. The van der Waals surface area contributed by atoms with E-state index < -0.39 is 0 Å². The molecule has 0 aliphatic carbocycles. The van der Waals surface area contributed by atoms with Crippen molar-refractivity contribution in [2.24, 2.45) is 0 Å². The van der Waals surface area contributed by atoms with Crippen molar-refractivity contribution in [1.82, 2.24) is 15.1 Å². The molecule has 0 fully saturated rings. The summed E-state index contributed by atoms with van der Waals surface area (Å²) < 4.78 is 7.63. The summed E-state index contributed by atoms with van der Waals surface area (Å²) in [7, 11) is 0. The minimum atomic E-state index is 0.358. The van der Waals surface area contributed by atoms with Crippen molar-refractivity contribution in [3.63, 3.8) is 0 Å². The molecule has 104 valence electrons. The quantitative estimate of drug-likeness (QED) is 0.687. The second kappa shape index (κ2) is 8.27. The van der Waals surface area contributed by atoms with Crippen LogP contribution in [0.25, 0.3) is 0 Å². The van der Waals surface area contributed by atoms with Crippen LogP contribution in [0.5, 0.6) is 0 Å². The van der Waals surface area contributed by atoms with E-state index >= 15 is 0 Å². The zero-order valence-electron chi connectivity index (χ0n) is 12.1. The monoisotopic (exact) mass is 253 g/mol. The first-order valence-electron chi connectivity index (χ1n) is 7.02. The van der Waals surface area contributed by atoms with E-state index in [9.17, 15) is 0 Å². The Morgan fingerprint density at radius 2 is 2.17 bits per heavy atom. The van der Waals surface area contributed by atoms with E-state index in [0.29, 0.717) is 12.1 Å². The molecule has 4 heteroatoms. The number of nitrogens with one attached hydrogen (secondary N) is 1. The molecule has 1 unspecified atom stereocenters. The van der Waals surface area contributed by atoms with Gasteiger partial charge in [-0.15, -0.1) is 0 Å². The topological polar surface area (TPSA) is 39.1 Å². The van der Waals surface area contributed by atoms with Gasteiger partial charge in [-0.2, -0.15) is 5.10 Å². The highest BCUT2D eigenvalue weighted by molar-refractivity contribution is 5.02. The normalized spacial score (nSPS) is 13.2. The molecule has 4 nitrogen and oxygen atoms in total. The predicted octanol–water partition coefficient (Wildman–Crippen LogP) is 2.41. The number of ether oxygens (including phenoxy) is 1. The van der Waals surface area contributed by atoms with Crippen LogP contribution in [0, 0.1) is 0 Å². The van der Waals surface area contributed by atoms with Crippen molar-refractivity contribution in [3.8, 4) is 0 Å². The summed E-state index contributed by atoms with van der Waals surface area (Å²) in [6.45, 7) is 11.1. The Morgan fingerprint density at radius 1 is 1.39 bits per heavy atom. The van der Waals surface area contributed by atoms with Crippen molar-refractivity contribution >= 4 is 0 Å². The van der Waals surface area contributed by atoms with E-state index in [1.165, 1.54) is 0 Å². The maximum absolute atomic E-state index is 5.63. The van der Waals surface area contributed by atoms with Crippen LogP contribution in [0.3, 0.4) is 0 Å².